The highest BCUT2D eigenvalue weighted by Gasteiger charge is 2.38. The van der Waals surface area contributed by atoms with Crippen molar-refractivity contribution >= 4 is 0 Å². The average molecular weight is 199 g/mol. The van der Waals surface area contributed by atoms with Crippen LogP contribution in [0.4, 0.5) is 0 Å². The molecule has 3 unspecified atom stereocenters. The predicted molar refractivity (Wildman–Crippen MR) is 55.0 cm³/mol. The first kappa shape index (κ1) is 10.4. The zero-order chi connectivity index (χ0) is 9.97. The van der Waals surface area contributed by atoms with Crippen LogP contribution in [0, 0.1) is 11.8 Å². The van der Waals surface area contributed by atoms with E-state index in [-0.39, 0.29) is 12.1 Å². The van der Waals surface area contributed by atoms with Gasteiger partial charge in [-0.15, -0.1) is 0 Å². The van der Waals surface area contributed by atoms with Gasteiger partial charge in [0.15, 0.2) is 0 Å². The minimum atomic E-state index is 0.174. The van der Waals surface area contributed by atoms with Gasteiger partial charge in [0.2, 0.25) is 0 Å². The fourth-order valence-electron chi connectivity index (χ4n) is 2.43. The molecule has 82 valence electrons. The van der Waals surface area contributed by atoms with Crippen LogP contribution in [-0.2, 0) is 9.47 Å². The third kappa shape index (κ3) is 2.27. The fourth-order valence-corrected chi connectivity index (χ4v) is 2.43. The van der Waals surface area contributed by atoms with Gasteiger partial charge in [-0.05, 0) is 37.5 Å². The van der Waals surface area contributed by atoms with Gasteiger partial charge in [-0.1, -0.05) is 0 Å². The standard InChI is InChI=1S/C11H21NO2/c1-13-11(8-4-5-8)10(12)9-3-2-6-14-7-9/h8-11H,2-7,12H2,1H3. The van der Waals surface area contributed by atoms with Crippen molar-refractivity contribution < 1.29 is 9.47 Å². The lowest BCUT2D eigenvalue weighted by atomic mass is 9.89. The average Bonchev–Trinajstić information content (AvgIpc) is 3.04. The van der Waals surface area contributed by atoms with E-state index in [0.717, 1.165) is 25.6 Å². The highest BCUT2D eigenvalue weighted by atomic mass is 16.5. The first-order chi connectivity index (χ1) is 6.83. The second-order valence-corrected chi connectivity index (χ2v) is 4.59. The molecule has 0 spiro atoms. The Hall–Kier alpha value is -0.120. The Balaban J connectivity index is 1.86. The quantitative estimate of drug-likeness (QED) is 0.739. The number of rotatable bonds is 4. The topological polar surface area (TPSA) is 44.5 Å². The molecule has 0 bridgehead atoms. The minimum absolute atomic E-state index is 0.174. The lowest BCUT2D eigenvalue weighted by Crippen LogP contribution is -2.46. The minimum Gasteiger partial charge on any atom is -0.381 e. The maximum atomic E-state index is 6.24. The first-order valence-electron chi connectivity index (χ1n) is 5.69. The summed E-state index contributed by atoms with van der Waals surface area (Å²) in [5.74, 6) is 1.23. The molecule has 2 aliphatic rings. The molecule has 3 atom stereocenters. The lowest BCUT2D eigenvalue weighted by molar-refractivity contribution is -0.00607. The van der Waals surface area contributed by atoms with Gasteiger partial charge in [-0.3, -0.25) is 0 Å². The molecule has 2 N–H and O–H groups in total. The highest BCUT2D eigenvalue weighted by molar-refractivity contribution is 4.92. The van der Waals surface area contributed by atoms with Crippen LogP contribution in [0.3, 0.4) is 0 Å². The second-order valence-electron chi connectivity index (χ2n) is 4.59. The van der Waals surface area contributed by atoms with Crippen LogP contribution in [0.1, 0.15) is 25.7 Å². The molecule has 2 fully saturated rings. The van der Waals surface area contributed by atoms with E-state index in [0.29, 0.717) is 5.92 Å². The fraction of sp³-hybridized carbons (Fsp3) is 1.00. The molecular weight excluding hydrogens is 178 g/mol. The van der Waals surface area contributed by atoms with E-state index in [9.17, 15) is 0 Å². The van der Waals surface area contributed by atoms with Gasteiger partial charge in [0.25, 0.3) is 0 Å². The van der Waals surface area contributed by atoms with Gasteiger partial charge < -0.3 is 15.2 Å². The molecule has 2 rings (SSSR count). The van der Waals surface area contributed by atoms with E-state index < -0.39 is 0 Å². The van der Waals surface area contributed by atoms with Gasteiger partial charge in [-0.25, -0.2) is 0 Å². The Morgan fingerprint density at radius 3 is 2.57 bits per heavy atom. The monoisotopic (exact) mass is 199 g/mol. The van der Waals surface area contributed by atoms with Crippen LogP contribution in [0.25, 0.3) is 0 Å². The molecule has 14 heavy (non-hydrogen) atoms. The maximum Gasteiger partial charge on any atom is 0.0753 e. The summed E-state index contributed by atoms with van der Waals surface area (Å²) in [7, 11) is 1.78. The van der Waals surface area contributed by atoms with E-state index in [4.69, 9.17) is 15.2 Å². The Morgan fingerprint density at radius 1 is 1.29 bits per heavy atom. The summed E-state index contributed by atoms with van der Waals surface area (Å²) in [5, 5.41) is 0. The SMILES string of the molecule is COC(C1CC1)C(N)C1CCCOC1. The normalized spacial score (nSPS) is 32.6. The van der Waals surface area contributed by atoms with Crippen LogP contribution in [-0.4, -0.2) is 32.5 Å². The van der Waals surface area contributed by atoms with Crippen molar-refractivity contribution in [1.29, 1.82) is 0 Å². The summed E-state index contributed by atoms with van der Waals surface area (Å²) in [5.41, 5.74) is 6.24. The molecule has 1 saturated heterocycles. The number of ether oxygens (including phenoxy) is 2. The molecule has 1 saturated carbocycles. The van der Waals surface area contributed by atoms with E-state index >= 15 is 0 Å². The van der Waals surface area contributed by atoms with Crippen molar-refractivity contribution in [2.24, 2.45) is 17.6 Å². The van der Waals surface area contributed by atoms with Gasteiger partial charge >= 0.3 is 0 Å². The molecule has 1 aliphatic carbocycles. The highest BCUT2D eigenvalue weighted by Crippen LogP contribution is 2.37. The Bertz CT molecular complexity index is 176. The Kier molecular flexibility index (Phi) is 3.42. The number of hydrogen-bond donors (Lipinski definition) is 1. The summed E-state index contributed by atoms with van der Waals surface area (Å²) >= 11 is 0. The molecule has 3 nitrogen and oxygen atoms in total. The Morgan fingerprint density at radius 2 is 2.07 bits per heavy atom. The molecular formula is C11H21NO2. The number of nitrogens with two attached hydrogens (primary N) is 1. The molecule has 1 heterocycles. The first-order valence-corrected chi connectivity index (χ1v) is 5.69. The summed E-state index contributed by atoms with van der Waals surface area (Å²) in [4.78, 5) is 0. The largest absolute Gasteiger partial charge is 0.381 e. The van der Waals surface area contributed by atoms with Crippen molar-refractivity contribution in [3.05, 3.63) is 0 Å². The third-order valence-electron chi connectivity index (χ3n) is 3.48. The van der Waals surface area contributed by atoms with Crippen LogP contribution in [0.2, 0.25) is 0 Å². The summed E-state index contributed by atoms with van der Waals surface area (Å²) in [6.45, 7) is 1.73. The molecule has 3 heteroatoms. The summed E-state index contributed by atoms with van der Waals surface area (Å²) < 4.78 is 11.0. The smallest absolute Gasteiger partial charge is 0.0753 e. The molecule has 0 amide bonds. The van der Waals surface area contributed by atoms with Gasteiger partial charge in [0.1, 0.15) is 0 Å². The molecule has 0 aromatic heterocycles. The third-order valence-corrected chi connectivity index (χ3v) is 3.48. The second kappa shape index (κ2) is 4.60. The maximum absolute atomic E-state index is 6.24. The molecule has 1 aliphatic heterocycles. The van der Waals surface area contributed by atoms with E-state index in [1.807, 2.05) is 0 Å². The van der Waals surface area contributed by atoms with E-state index in [1.54, 1.807) is 7.11 Å². The van der Waals surface area contributed by atoms with Gasteiger partial charge in [0, 0.05) is 19.8 Å². The zero-order valence-corrected chi connectivity index (χ0v) is 8.95. The predicted octanol–water partition coefficient (Wildman–Crippen LogP) is 1.17. The van der Waals surface area contributed by atoms with Crippen molar-refractivity contribution in [2.75, 3.05) is 20.3 Å². The van der Waals surface area contributed by atoms with Crippen molar-refractivity contribution in [3.8, 4) is 0 Å². The van der Waals surface area contributed by atoms with Gasteiger partial charge in [0.05, 0.1) is 12.7 Å². The number of methoxy groups -OCH3 is 1. The molecule has 0 radical (unpaired) electrons. The van der Waals surface area contributed by atoms with Crippen LogP contribution in [0.15, 0.2) is 0 Å². The van der Waals surface area contributed by atoms with Crippen molar-refractivity contribution in [1.82, 2.24) is 0 Å². The molecule has 0 aromatic rings. The van der Waals surface area contributed by atoms with Crippen LogP contribution >= 0.6 is 0 Å². The van der Waals surface area contributed by atoms with E-state index in [2.05, 4.69) is 0 Å². The van der Waals surface area contributed by atoms with E-state index in [1.165, 1.54) is 19.3 Å². The number of hydrogen-bond acceptors (Lipinski definition) is 3. The van der Waals surface area contributed by atoms with Gasteiger partial charge in [-0.2, -0.15) is 0 Å². The summed E-state index contributed by atoms with van der Waals surface area (Å²) in [6, 6.07) is 0.174. The van der Waals surface area contributed by atoms with Crippen molar-refractivity contribution in [3.63, 3.8) is 0 Å². The molecule has 0 aromatic carbocycles. The summed E-state index contributed by atoms with van der Waals surface area (Å²) in [6.07, 6.45) is 5.20. The van der Waals surface area contributed by atoms with Crippen molar-refractivity contribution in [2.45, 2.75) is 37.8 Å². The van der Waals surface area contributed by atoms with Crippen LogP contribution < -0.4 is 5.73 Å². The lowest BCUT2D eigenvalue weighted by Gasteiger charge is -2.32. The van der Waals surface area contributed by atoms with Crippen LogP contribution in [0.5, 0.6) is 0 Å². The Labute approximate surface area is 85.9 Å². The zero-order valence-electron chi connectivity index (χ0n) is 8.95.